The zero-order valence-electron chi connectivity index (χ0n) is 17.8. The maximum absolute atomic E-state index is 13.0. The summed E-state index contributed by atoms with van der Waals surface area (Å²) in [5.41, 5.74) is 9.53. The van der Waals surface area contributed by atoms with Crippen molar-refractivity contribution in [3.05, 3.63) is 95.8 Å². The van der Waals surface area contributed by atoms with Crippen molar-refractivity contribution in [1.29, 1.82) is 0 Å². The monoisotopic (exact) mass is 438 g/mol. The first-order chi connectivity index (χ1) is 16.1. The molecule has 4 aromatic rings. The van der Waals surface area contributed by atoms with Crippen LogP contribution in [0.5, 0.6) is 11.5 Å². The molecule has 1 aliphatic rings. The summed E-state index contributed by atoms with van der Waals surface area (Å²) in [6.07, 6.45) is 6.66. The molecule has 0 radical (unpaired) electrons. The van der Waals surface area contributed by atoms with Crippen LogP contribution in [-0.2, 0) is 0 Å². The van der Waals surface area contributed by atoms with Crippen LogP contribution in [0, 0.1) is 0 Å². The van der Waals surface area contributed by atoms with E-state index in [1.54, 1.807) is 54.7 Å². The van der Waals surface area contributed by atoms with Crippen molar-refractivity contribution in [2.24, 2.45) is 5.73 Å². The summed E-state index contributed by atoms with van der Waals surface area (Å²) >= 11 is 0. The number of aromatic amines is 1. The smallest absolute Gasteiger partial charge is 0.254 e. The maximum atomic E-state index is 13.0. The van der Waals surface area contributed by atoms with Gasteiger partial charge in [-0.05, 0) is 72.7 Å². The Morgan fingerprint density at radius 2 is 1.67 bits per heavy atom. The number of H-pyrrole nitrogens is 1. The largest absolute Gasteiger partial charge is 0.457 e. The van der Waals surface area contributed by atoms with E-state index in [4.69, 9.17) is 10.5 Å². The van der Waals surface area contributed by atoms with Crippen molar-refractivity contribution < 1.29 is 14.3 Å². The standard InChI is InChI=1S/C26H22N4O3/c27-24(31)18-3-7-20(8-4-18)33-21-9-5-19(6-10-21)26(32)30-14-11-17(12-15-30)23-16-29-25-22(23)2-1-13-28-25/h1-11,13,16H,12,14-15H2,(H2,27,31)(H,28,29). The van der Waals surface area contributed by atoms with E-state index >= 15 is 0 Å². The lowest BCUT2D eigenvalue weighted by Crippen LogP contribution is -2.34. The fourth-order valence-electron chi connectivity index (χ4n) is 3.99. The molecular weight excluding hydrogens is 416 g/mol. The fraction of sp³-hybridized carbons (Fsp3) is 0.115. The summed E-state index contributed by atoms with van der Waals surface area (Å²) in [7, 11) is 0. The molecule has 0 unspecified atom stereocenters. The van der Waals surface area contributed by atoms with E-state index in [1.165, 1.54) is 5.57 Å². The summed E-state index contributed by atoms with van der Waals surface area (Å²) in [6.45, 7) is 1.22. The molecule has 164 valence electrons. The van der Waals surface area contributed by atoms with Crippen LogP contribution in [-0.4, -0.2) is 39.8 Å². The molecule has 3 N–H and O–H groups in total. The van der Waals surface area contributed by atoms with E-state index in [1.807, 2.05) is 17.2 Å². The molecule has 3 heterocycles. The highest BCUT2D eigenvalue weighted by Gasteiger charge is 2.20. The van der Waals surface area contributed by atoms with Crippen LogP contribution in [0.2, 0.25) is 0 Å². The summed E-state index contributed by atoms with van der Waals surface area (Å²) in [6, 6.07) is 17.6. The number of carbonyl (C=O) groups is 2. The maximum Gasteiger partial charge on any atom is 0.254 e. The van der Waals surface area contributed by atoms with Crippen molar-refractivity contribution in [3.8, 4) is 11.5 Å². The second-order valence-corrected chi connectivity index (χ2v) is 7.85. The molecule has 0 saturated carbocycles. The third kappa shape index (κ3) is 4.21. The Morgan fingerprint density at radius 3 is 2.30 bits per heavy atom. The highest BCUT2D eigenvalue weighted by molar-refractivity contribution is 5.96. The van der Waals surface area contributed by atoms with Crippen molar-refractivity contribution in [2.75, 3.05) is 13.1 Å². The number of fused-ring (bicyclic) bond motifs is 1. The van der Waals surface area contributed by atoms with Crippen LogP contribution in [0.4, 0.5) is 0 Å². The van der Waals surface area contributed by atoms with E-state index < -0.39 is 5.91 Å². The van der Waals surface area contributed by atoms with Crippen LogP contribution >= 0.6 is 0 Å². The lowest BCUT2D eigenvalue weighted by Gasteiger charge is -2.26. The first-order valence-corrected chi connectivity index (χ1v) is 10.7. The Labute approximate surface area is 190 Å². The van der Waals surface area contributed by atoms with Crippen molar-refractivity contribution in [3.63, 3.8) is 0 Å². The van der Waals surface area contributed by atoms with Crippen molar-refractivity contribution >= 4 is 28.4 Å². The quantitative estimate of drug-likeness (QED) is 0.483. The molecular formula is C26H22N4O3. The number of ether oxygens (including phenoxy) is 1. The number of hydrogen-bond donors (Lipinski definition) is 2. The van der Waals surface area contributed by atoms with Crippen molar-refractivity contribution in [2.45, 2.75) is 6.42 Å². The van der Waals surface area contributed by atoms with Crippen molar-refractivity contribution in [1.82, 2.24) is 14.9 Å². The predicted octanol–water partition coefficient (Wildman–Crippen LogP) is 4.38. The second-order valence-electron chi connectivity index (χ2n) is 7.85. The normalized spacial score (nSPS) is 13.6. The third-order valence-electron chi connectivity index (χ3n) is 5.77. The SMILES string of the molecule is NC(=O)c1ccc(Oc2ccc(C(=O)N3CC=C(c4c[nH]c5ncccc45)CC3)cc2)cc1. The Kier molecular flexibility index (Phi) is 5.36. The van der Waals surface area contributed by atoms with Crippen LogP contribution < -0.4 is 10.5 Å². The molecule has 0 saturated heterocycles. The number of pyridine rings is 1. The Hall–Kier alpha value is -4.39. The molecule has 1 aliphatic heterocycles. The first-order valence-electron chi connectivity index (χ1n) is 10.7. The zero-order valence-corrected chi connectivity index (χ0v) is 17.8. The molecule has 0 bridgehead atoms. The molecule has 33 heavy (non-hydrogen) atoms. The van der Waals surface area contributed by atoms with E-state index in [9.17, 15) is 9.59 Å². The average Bonchev–Trinajstić information content (AvgIpc) is 3.29. The molecule has 7 heteroatoms. The zero-order chi connectivity index (χ0) is 22.8. The van der Waals surface area contributed by atoms with Gasteiger partial charge in [0.15, 0.2) is 0 Å². The number of nitrogens with two attached hydrogens (primary N) is 1. The molecule has 7 nitrogen and oxygen atoms in total. The van der Waals surface area contributed by atoms with Gasteiger partial charge in [-0.15, -0.1) is 0 Å². The molecule has 2 amide bonds. The van der Waals surface area contributed by atoms with E-state index in [-0.39, 0.29) is 5.91 Å². The second kappa shape index (κ2) is 8.63. The number of nitrogens with one attached hydrogen (secondary N) is 1. The van der Waals surface area contributed by atoms with Gasteiger partial charge in [-0.2, -0.15) is 0 Å². The van der Waals surface area contributed by atoms with E-state index in [0.717, 1.165) is 23.0 Å². The van der Waals surface area contributed by atoms with Crippen LogP contribution in [0.1, 0.15) is 32.7 Å². The number of hydrogen-bond acceptors (Lipinski definition) is 4. The van der Waals surface area contributed by atoms with Crippen LogP contribution in [0.25, 0.3) is 16.6 Å². The van der Waals surface area contributed by atoms with Crippen LogP contribution in [0.3, 0.4) is 0 Å². The molecule has 2 aromatic carbocycles. The third-order valence-corrected chi connectivity index (χ3v) is 5.77. The fourth-order valence-corrected chi connectivity index (χ4v) is 3.99. The van der Waals surface area contributed by atoms with Gasteiger partial charge in [0.05, 0.1) is 0 Å². The lowest BCUT2D eigenvalue weighted by molar-refractivity contribution is 0.0772. The van der Waals surface area contributed by atoms with E-state index in [2.05, 4.69) is 22.1 Å². The van der Waals surface area contributed by atoms with E-state index in [0.29, 0.717) is 35.7 Å². The van der Waals surface area contributed by atoms with Gasteiger partial charge >= 0.3 is 0 Å². The molecule has 0 spiro atoms. The van der Waals surface area contributed by atoms with Gasteiger partial charge < -0.3 is 20.4 Å². The van der Waals surface area contributed by atoms with Gasteiger partial charge in [-0.3, -0.25) is 9.59 Å². The van der Waals surface area contributed by atoms with Gasteiger partial charge in [0.1, 0.15) is 17.1 Å². The average molecular weight is 438 g/mol. The summed E-state index contributed by atoms with van der Waals surface area (Å²) in [5.74, 6) is 0.693. The number of carbonyl (C=O) groups excluding carboxylic acids is 2. The molecule has 2 aromatic heterocycles. The van der Waals surface area contributed by atoms with Gasteiger partial charge in [0.2, 0.25) is 5.91 Å². The minimum Gasteiger partial charge on any atom is -0.457 e. The summed E-state index contributed by atoms with van der Waals surface area (Å²) < 4.78 is 5.79. The molecule has 0 fully saturated rings. The number of benzene rings is 2. The van der Waals surface area contributed by atoms with Gasteiger partial charge in [0, 0.05) is 47.6 Å². The topological polar surface area (TPSA) is 101 Å². The molecule has 0 aliphatic carbocycles. The van der Waals surface area contributed by atoms with Gasteiger partial charge in [-0.1, -0.05) is 6.08 Å². The predicted molar refractivity (Wildman–Crippen MR) is 126 cm³/mol. The summed E-state index contributed by atoms with van der Waals surface area (Å²) in [5, 5.41) is 1.10. The Balaban J connectivity index is 1.24. The Bertz CT molecular complexity index is 1350. The highest BCUT2D eigenvalue weighted by Crippen LogP contribution is 2.29. The molecule has 5 rings (SSSR count). The minimum absolute atomic E-state index is 0.0109. The number of amides is 2. The number of rotatable bonds is 5. The number of aromatic nitrogens is 2. The number of primary amides is 1. The van der Waals surface area contributed by atoms with Gasteiger partial charge in [0.25, 0.3) is 5.91 Å². The first kappa shape index (κ1) is 20.5. The minimum atomic E-state index is -0.484. The lowest BCUT2D eigenvalue weighted by atomic mass is 9.99. The van der Waals surface area contributed by atoms with Crippen LogP contribution in [0.15, 0.2) is 79.1 Å². The highest BCUT2D eigenvalue weighted by atomic mass is 16.5. The summed E-state index contributed by atoms with van der Waals surface area (Å²) in [4.78, 5) is 33.5. The number of nitrogens with zero attached hydrogens (tertiary/aromatic N) is 2. The molecule has 0 atom stereocenters. The Morgan fingerprint density at radius 1 is 0.970 bits per heavy atom. The van der Waals surface area contributed by atoms with Gasteiger partial charge in [-0.25, -0.2) is 4.98 Å².